The van der Waals surface area contributed by atoms with Crippen molar-refractivity contribution in [1.82, 2.24) is 4.90 Å². The summed E-state index contributed by atoms with van der Waals surface area (Å²) in [5.41, 5.74) is 3.18. The molecule has 0 aliphatic rings. The highest BCUT2D eigenvalue weighted by Gasteiger charge is 2.16. The highest BCUT2D eigenvalue weighted by Crippen LogP contribution is 2.11. The SMILES string of the molecule is CCN(CC(=O)c1ccc(C)c(C)c1)C(C)COC. The Labute approximate surface area is 116 Å². The van der Waals surface area contributed by atoms with Crippen LogP contribution in [-0.2, 0) is 4.74 Å². The number of carbonyl (C=O) groups is 1. The molecule has 0 bridgehead atoms. The van der Waals surface area contributed by atoms with Crippen molar-refractivity contribution in [3.63, 3.8) is 0 Å². The Morgan fingerprint density at radius 3 is 2.53 bits per heavy atom. The number of benzene rings is 1. The zero-order valence-corrected chi connectivity index (χ0v) is 12.7. The Hall–Kier alpha value is -1.19. The number of rotatable bonds is 7. The van der Waals surface area contributed by atoms with Gasteiger partial charge in [-0.15, -0.1) is 0 Å². The second-order valence-corrected chi connectivity index (χ2v) is 5.09. The molecule has 3 nitrogen and oxygen atoms in total. The van der Waals surface area contributed by atoms with Crippen LogP contribution >= 0.6 is 0 Å². The molecule has 0 N–H and O–H groups in total. The average molecular weight is 263 g/mol. The van der Waals surface area contributed by atoms with Crippen molar-refractivity contribution >= 4 is 5.78 Å². The second-order valence-electron chi connectivity index (χ2n) is 5.09. The van der Waals surface area contributed by atoms with E-state index in [2.05, 4.69) is 25.7 Å². The Bertz CT molecular complexity index is 429. The number of nitrogens with zero attached hydrogens (tertiary/aromatic N) is 1. The molecule has 0 fully saturated rings. The minimum absolute atomic E-state index is 0.174. The second kappa shape index (κ2) is 7.41. The summed E-state index contributed by atoms with van der Waals surface area (Å²) in [4.78, 5) is 14.4. The Morgan fingerprint density at radius 1 is 1.32 bits per heavy atom. The van der Waals surface area contributed by atoms with Gasteiger partial charge in [0.15, 0.2) is 5.78 Å². The van der Waals surface area contributed by atoms with Gasteiger partial charge in [-0.25, -0.2) is 0 Å². The molecular formula is C16H25NO2. The standard InChI is InChI=1S/C16H25NO2/c1-6-17(14(4)11-19-5)10-16(18)15-8-7-12(2)13(3)9-15/h7-9,14H,6,10-11H2,1-5H3. The van der Waals surface area contributed by atoms with Crippen LogP contribution < -0.4 is 0 Å². The Kier molecular flexibility index (Phi) is 6.19. The predicted molar refractivity (Wildman–Crippen MR) is 78.8 cm³/mol. The molecule has 1 unspecified atom stereocenters. The molecule has 0 amide bonds. The van der Waals surface area contributed by atoms with Gasteiger partial charge in [0.2, 0.25) is 0 Å². The van der Waals surface area contributed by atoms with Crippen molar-refractivity contribution in [2.45, 2.75) is 33.7 Å². The van der Waals surface area contributed by atoms with Crippen molar-refractivity contribution in [3.8, 4) is 0 Å². The molecule has 0 aliphatic heterocycles. The number of likely N-dealkylation sites (N-methyl/N-ethyl adjacent to an activating group) is 1. The van der Waals surface area contributed by atoms with Crippen molar-refractivity contribution in [3.05, 3.63) is 34.9 Å². The first-order chi connectivity index (χ1) is 8.99. The van der Waals surface area contributed by atoms with Crippen molar-refractivity contribution < 1.29 is 9.53 Å². The molecule has 1 aromatic carbocycles. The zero-order chi connectivity index (χ0) is 14.4. The minimum atomic E-state index is 0.174. The third-order valence-electron chi connectivity index (χ3n) is 3.61. The van der Waals surface area contributed by atoms with Crippen LogP contribution in [0.15, 0.2) is 18.2 Å². The molecular weight excluding hydrogens is 238 g/mol. The quantitative estimate of drug-likeness (QED) is 0.708. The van der Waals surface area contributed by atoms with E-state index < -0.39 is 0 Å². The first-order valence-corrected chi connectivity index (χ1v) is 6.83. The maximum atomic E-state index is 12.3. The van der Waals surface area contributed by atoms with Gasteiger partial charge in [0.25, 0.3) is 0 Å². The molecule has 0 saturated heterocycles. The molecule has 1 atom stereocenters. The summed E-state index contributed by atoms with van der Waals surface area (Å²) >= 11 is 0. The van der Waals surface area contributed by atoms with Crippen LogP contribution in [0.1, 0.15) is 35.3 Å². The van der Waals surface area contributed by atoms with Crippen molar-refractivity contribution in [2.75, 3.05) is 26.8 Å². The minimum Gasteiger partial charge on any atom is -0.383 e. The fraction of sp³-hybridized carbons (Fsp3) is 0.562. The number of ether oxygens (including phenoxy) is 1. The van der Waals surface area contributed by atoms with Crippen LogP contribution in [0.5, 0.6) is 0 Å². The molecule has 19 heavy (non-hydrogen) atoms. The lowest BCUT2D eigenvalue weighted by molar-refractivity contribution is 0.0788. The normalized spacial score (nSPS) is 12.7. The highest BCUT2D eigenvalue weighted by atomic mass is 16.5. The van der Waals surface area contributed by atoms with Crippen LogP contribution in [0.4, 0.5) is 0 Å². The molecule has 1 rings (SSSR count). The predicted octanol–water partition coefficient (Wildman–Crippen LogP) is 2.84. The first kappa shape index (κ1) is 15.9. The summed E-state index contributed by atoms with van der Waals surface area (Å²) in [5.74, 6) is 0.174. The van der Waals surface area contributed by atoms with E-state index >= 15 is 0 Å². The number of hydrogen-bond acceptors (Lipinski definition) is 3. The van der Waals surface area contributed by atoms with E-state index in [1.54, 1.807) is 7.11 Å². The van der Waals surface area contributed by atoms with Gasteiger partial charge >= 0.3 is 0 Å². The molecule has 0 aliphatic carbocycles. The topological polar surface area (TPSA) is 29.5 Å². The molecule has 0 saturated carbocycles. The number of methoxy groups -OCH3 is 1. The van der Waals surface area contributed by atoms with Gasteiger partial charge in [0, 0.05) is 18.7 Å². The van der Waals surface area contributed by atoms with E-state index in [-0.39, 0.29) is 11.8 Å². The highest BCUT2D eigenvalue weighted by molar-refractivity contribution is 5.97. The maximum Gasteiger partial charge on any atom is 0.176 e. The van der Waals surface area contributed by atoms with Crippen molar-refractivity contribution in [1.29, 1.82) is 0 Å². The van der Waals surface area contributed by atoms with E-state index in [1.807, 2.05) is 25.1 Å². The molecule has 0 radical (unpaired) electrons. The van der Waals surface area contributed by atoms with Gasteiger partial charge in [0.1, 0.15) is 0 Å². The lowest BCUT2D eigenvalue weighted by Gasteiger charge is -2.26. The lowest BCUT2D eigenvalue weighted by atomic mass is 10.0. The largest absolute Gasteiger partial charge is 0.383 e. The van der Waals surface area contributed by atoms with E-state index in [0.29, 0.717) is 13.2 Å². The van der Waals surface area contributed by atoms with Crippen LogP contribution in [0.2, 0.25) is 0 Å². The fourth-order valence-electron chi connectivity index (χ4n) is 2.12. The van der Waals surface area contributed by atoms with Crippen LogP contribution in [0.25, 0.3) is 0 Å². The van der Waals surface area contributed by atoms with Gasteiger partial charge in [-0.3, -0.25) is 9.69 Å². The Balaban J connectivity index is 2.74. The summed E-state index contributed by atoms with van der Waals surface area (Å²) in [5, 5.41) is 0. The smallest absolute Gasteiger partial charge is 0.176 e. The fourth-order valence-corrected chi connectivity index (χ4v) is 2.12. The van der Waals surface area contributed by atoms with Gasteiger partial charge in [0.05, 0.1) is 13.2 Å². The maximum absolute atomic E-state index is 12.3. The van der Waals surface area contributed by atoms with Crippen LogP contribution in [-0.4, -0.2) is 43.5 Å². The molecule has 0 spiro atoms. The Morgan fingerprint density at radius 2 is 2.00 bits per heavy atom. The summed E-state index contributed by atoms with van der Waals surface area (Å²) in [6.45, 7) is 10.2. The summed E-state index contributed by atoms with van der Waals surface area (Å²) in [7, 11) is 1.69. The van der Waals surface area contributed by atoms with Crippen molar-refractivity contribution in [2.24, 2.45) is 0 Å². The third-order valence-corrected chi connectivity index (χ3v) is 3.61. The van der Waals surface area contributed by atoms with E-state index in [1.165, 1.54) is 11.1 Å². The number of hydrogen-bond donors (Lipinski definition) is 0. The average Bonchev–Trinajstić information content (AvgIpc) is 2.39. The zero-order valence-electron chi connectivity index (χ0n) is 12.7. The van der Waals surface area contributed by atoms with Crippen LogP contribution in [0.3, 0.4) is 0 Å². The molecule has 0 aromatic heterocycles. The summed E-state index contributed by atoms with van der Waals surface area (Å²) < 4.78 is 5.16. The van der Waals surface area contributed by atoms with E-state index in [4.69, 9.17) is 4.74 Å². The number of aryl methyl sites for hydroxylation is 2. The van der Waals surface area contributed by atoms with Gasteiger partial charge < -0.3 is 4.74 Å². The van der Waals surface area contributed by atoms with Gasteiger partial charge in [-0.2, -0.15) is 0 Å². The third kappa shape index (κ3) is 4.44. The molecule has 0 heterocycles. The van der Waals surface area contributed by atoms with Gasteiger partial charge in [-0.05, 0) is 44.5 Å². The van der Waals surface area contributed by atoms with Crippen LogP contribution in [0, 0.1) is 13.8 Å². The number of carbonyl (C=O) groups excluding carboxylic acids is 1. The lowest BCUT2D eigenvalue weighted by Crippen LogP contribution is -2.39. The van der Waals surface area contributed by atoms with E-state index in [0.717, 1.165) is 12.1 Å². The summed E-state index contributed by atoms with van der Waals surface area (Å²) in [6, 6.07) is 6.16. The van der Waals surface area contributed by atoms with E-state index in [9.17, 15) is 4.79 Å². The monoisotopic (exact) mass is 263 g/mol. The number of ketones is 1. The summed E-state index contributed by atoms with van der Waals surface area (Å²) in [6.07, 6.45) is 0. The number of Topliss-reactive ketones (excluding diaryl/α,β-unsaturated/α-hetero) is 1. The molecule has 3 heteroatoms. The first-order valence-electron chi connectivity index (χ1n) is 6.83. The van der Waals surface area contributed by atoms with Gasteiger partial charge in [-0.1, -0.05) is 19.1 Å². The molecule has 106 valence electrons. The molecule has 1 aromatic rings.